The van der Waals surface area contributed by atoms with Crippen LogP contribution in [0.25, 0.3) is 0 Å². The van der Waals surface area contributed by atoms with Crippen molar-refractivity contribution in [2.45, 2.75) is 59.4 Å². The Morgan fingerprint density at radius 1 is 1.41 bits per heavy atom. The van der Waals surface area contributed by atoms with Gasteiger partial charge in [0.2, 0.25) is 5.91 Å². The van der Waals surface area contributed by atoms with E-state index in [0.717, 1.165) is 26.1 Å². The predicted molar refractivity (Wildman–Crippen MR) is 72.0 cm³/mol. The number of hydrogen-bond acceptors (Lipinski definition) is 2. The zero-order valence-electron chi connectivity index (χ0n) is 11.9. The number of nitrogens with zero attached hydrogens (tertiary/aromatic N) is 1. The highest BCUT2D eigenvalue weighted by Crippen LogP contribution is 2.20. The molecule has 1 aliphatic rings. The van der Waals surface area contributed by atoms with Crippen molar-refractivity contribution in [2.75, 3.05) is 19.6 Å². The third kappa shape index (κ3) is 5.53. The molecule has 0 bridgehead atoms. The van der Waals surface area contributed by atoms with Gasteiger partial charge in [0, 0.05) is 25.6 Å². The second kappa shape index (κ2) is 6.39. The van der Waals surface area contributed by atoms with Crippen molar-refractivity contribution in [3.05, 3.63) is 0 Å². The Bertz CT molecular complexity index is 239. The lowest BCUT2D eigenvalue weighted by atomic mass is 9.91. The van der Waals surface area contributed by atoms with Crippen LogP contribution in [0.3, 0.4) is 0 Å². The Labute approximate surface area is 106 Å². The third-order valence-electron chi connectivity index (χ3n) is 3.13. The van der Waals surface area contributed by atoms with Gasteiger partial charge in [-0.1, -0.05) is 27.7 Å². The minimum Gasteiger partial charge on any atom is -0.341 e. The number of nitrogens with one attached hydrogen (secondary N) is 1. The van der Waals surface area contributed by atoms with Crippen LogP contribution in [0.2, 0.25) is 0 Å². The Kier molecular flexibility index (Phi) is 5.44. The summed E-state index contributed by atoms with van der Waals surface area (Å²) in [4.78, 5) is 14.3. The molecular weight excluding hydrogens is 212 g/mol. The molecule has 0 aromatic rings. The smallest absolute Gasteiger partial charge is 0.223 e. The molecule has 1 saturated heterocycles. The number of hydrogen-bond donors (Lipinski definition) is 1. The molecule has 3 nitrogen and oxygen atoms in total. The molecule has 1 heterocycles. The Hall–Kier alpha value is -0.570. The first-order valence-electron chi connectivity index (χ1n) is 6.93. The van der Waals surface area contributed by atoms with Crippen molar-refractivity contribution >= 4 is 5.91 Å². The molecule has 3 heteroatoms. The lowest BCUT2D eigenvalue weighted by Crippen LogP contribution is -2.42. The van der Waals surface area contributed by atoms with Gasteiger partial charge in [-0.3, -0.25) is 4.79 Å². The number of amides is 1. The average Bonchev–Trinajstić information content (AvgIpc) is 2.67. The molecule has 1 atom stereocenters. The minimum absolute atomic E-state index is 0.0895. The van der Waals surface area contributed by atoms with Gasteiger partial charge in [-0.05, 0) is 31.2 Å². The quantitative estimate of drug-likeness (QED) is 0.800. The average molecular weight is 240 g/mol. The van der Waals surface area contributed by atoms with E-state index in [2.05, 4.69) is 33.0 Å². The topological polar surface area (TPSA) is 32.3 Å². The summed E-state index contributed by atoms with van der Waals surface area (Å²) in [6.45, 7) is 11.4. The molecule has 0 aliphatic carbocycles. The summed E-state index contributed by atoms with van der Waals surface area (Å²) in [7, 11) is 0. The van der Waals surface area contributed by atoms with Gasteiger partial charge in [0.1, 0.15) is 0 Å². The van der Waals surface area contributed by atoms with Gasteiger partial charge < -0.3 is 10.2 Å². The maximum atomic E-state index is 12.2. The van der Waals surface area contributed by atoms with Crippen LogP contribution in [0, 0.1) is 5.41 Å². The first kappa shape index (κ1) is 14.5. The van der Waals surface area contributed by atoms with Gasteiger partial charge in [-0.15, -0.1) is 0 Å². The molecule has 0 spiro atoms. The SMILES string of the molecule is CCCN(CC1CCCN1)C(=O)CC(C)(C)C. The van der Waals surface area contributed by atoms with E-state index in [4.69, 9.17) is 0 Å². The van der Waals surface area contributed by atoms with E-state index >= 15 is 0 Å². The van der Waals surface area contributed by atoms with Crippen LogP contribution >= 0.6 is 0 Å². The summed E-state index contributed by atoms with van der Waals surface area (Å²) in [6.07, 6.45) is 4.16. The summed E-state index contributed by atoms with van der Waals surface area (Å²) >= 11 is 0. The van der Waals surface area contributed by atoms with Crippen molar-refractivity contribution in [1.82, 2.24) is 10.2 Å². The van der Waals surface area contributed by atoms with E-state index in [0.29, 0.717) is 18.4 Å². The minimum atomic E-state index is 0.0895. The van der Waals surface area contributed by atoms with Crippen LogP contribution in [0.15, 0.2) is 0 Å². The van der Waals surface area contributed by atoms with Gasteiger partial charge in [0.25, 0.3) is 0 Å². The first-order valence-corrected chi connectivity index (χ1v) is 6.93. The zero-order valence-corrected chi connectivity index (χ0v) is 11.9. The van der Waals surface area contributed by atoms with Crippen LogP contribution in [-0.2, 0) is 4.79 Å². The largest absolute Gasteiger partial charge is 0.341 e. The molecule has 17 heavy (non-hydrogen) atoms. The summed E-state index contributed by atoms with van der Waals surface area (Å²) in [5, 5.41) is 3.47. The maximum absolute atomic E-state index is 12.2. The third-order valence-corrected chi connectivity index (χ3v) is 3.13. The van der Waals surface area contributed by atoms with Crippen LogP contribution in [-0.4, -0.2) is 36.5 Å². The van der Waals surface area contributed by atoms with Gasteiger partial charge in [-0.2, -0.15) is 0 Å². The Morgan fingerprint density at radius 2 is 2.12 bits per heavy atom. The molecule has 1 unspecified atom stereocenters. The molecule has 0 aromatic carbocycles. The summed E-state index contributed by atoms with van der Waals surface area (Å²) in [5.74, 6) is 0.313. The standard InChI is InChI=1S/C14H28N2O/c1-5-9-16(11-12-7-6-8-15-12)13(17)10-14(2,3)4/h12,15H,5-11H2,1-4H3. The first-order chi connectivity index (χ1) is 7.92. The zero-order chi connectivity index (χ0) is 12.9. The molecule has 1 amide bonds. The molecule has 1 aliphatic heterocycles. The summed E-state index contributed by atoms with van der Waals surface area (Å²) in [6, 6.07) is 0.519. The van der Waals surface area contributed by atoms with Crippen molar-refractivity contribution in [2.24, 2.45) is 5.41 Å². The monoisotopic (exact) mass is 240 g/mol. The van der Waals surface area contributed by atoms with E-state index in [1.165, 1.54) is 12.8 Å². The summed E-state index contributed by atoms with van der Waals surface area (Å²) in [5.41, 5.74) is 0.0895. The van der Waals surface area contributed by atoms with Crippen molar-refractivity contribution < 1.29 is 4.79 Å². The van der Waals surface area contributed by atoms with Crippen molar-refractivity contribution in [3.8, 4) is 0 Å². The number of carbonyl (C=O) groups excluding carboxylic acids is 1. The Morgan fingerprint density at radius 3 is 2.59 bits per heavy atom. The fraction of sp³-hybridized carbons (Fsp3) is 0.929. The molecule has 100 valence electrons. The number of carbonyl (C=O) groups is 1. The lowest BCUT2D eigenvalue weighted by Gasteiger charge is -2.28. The fourth-order valence-corrected chi connectivity index (χ4v) is 2.33. The second-order valence-electron chi connectivity index (χ2n) is 6.37. The van der Waals surface area contributed by atoms with Crippen molar-refractivity contribution in [1.29, 1.82) is 0 Å². The van der Waals surface area contributed by atoms with Gasteiger partial charge in [-0.25, -0.2) is 0 Å². The number of rotatable bonds is 5. The molecule has 0 saturated carbocycles. The highest BCUT2D eigenvalue weighted by atomic mass is 16.2. The van der Waals surface area contributed by atoms with E-state index in [-0.39, 0.29) is 5.41 Å². The van der Waals surface area contributed by atoms with Crippen LogP contribution in [0.1, 0.15) is 53.4 Å². The van der Waals surface area contributed by atoms with E-state index in [9.17, 15) is 4.79 Å². The Balaban J connectivity index is 2.48. The molecule has 1 rings (SSSR count). The van der Waals surface area contributed by atoms with Crippen LogP contribution < -0.4 is 5.32 Å². The van der Waals surface area contributed by atoms with E-state index in [1.807, 2.05) is 4.90 Å². The molecule has 0 radical (unpaired) electrons. The van der Waals surface area contributed by atoms with Crippen LogP contribution in [0.5, 0.6) is 0 Å². The molecular formula is C14H28N2O. The van der Waals surface area contributed by atoms with Gasteiger partial charge in [0.15, 0.2) is 0 Å². The highest BCUT2D eigenvalue weighted by Gasteiger charge is 2.24. The van der Waals surface area contributed by atoms with Crippen molar-refractivity contribution in [3.63, 3.8) is 0 Å². The predicted octanol–water partition coefficient (Wildman–Crippen LogP) is 2.41. The lowest BCUT2D eigenvalue weighted by molar-refractivity contribution is -0.133. The van der Waals surface area contributed by atoms with Gasteiger partial charge >= 0.3 is 0 Å². The molecule has 0 aromatic heterocycles. The molecule has 1 fully saturated rings. The maximum Gasteiger partial charge on any atom is 0.223 e. The highest BCUT2D eigenvalue weighted by molar-refractivity contribution is 5.76. The fourth-order valence-electron chi connectivity index (χ4n) is 2.33. The van der Waals surface area contributed by atoms with E-state index < -0.39 is 0 Å². The summed E-state index contributed by atoms with van der Waals surface area (Å²) < 4.78 is 0. The van der Waals surface area contributed by atoms with E-state index in [1.54, 1.807) is 0 Å². The normalized spacial score (nSPS) is 20.6. The van der Waals surface area contributed by atoms with Crippen LogP contribution in [0.4, 0.5) is 0 Å². The second-order valence-corrected chi connectivity index (χ2v) is 6.37. The molecule has 1 N–H and O–H groups in total. The van der Waals surface area contributed by atoms with Gasteiger partial charge in [0.05, 0.1) is 0 Å².